The quantitative estimate of drug-likeness (QED) is 0.0668. The fraction of sp³-hybridized carbons (Fsp3) is 0.192. The number of ether oxygens (including phenoxy) is 2. The number of nitrogens with zero attached hydrogens (tertiary/aromatic N) is 1. The summed E-state index contributed by atoms with van der Waals surface area (Å²) in [5.41, 5.74) is 3.63. The summed E-state index contributed by atoms with van der Waals surface area (Å²) in [5, 5.41) is 4.29. The first-order valence-corrected chi connectivity index (χ1v) is 23.1. The van der Waals surface area contributed by atoms with Gasteiger partial charge in [0.25, 0.3) is 5.91 Å². The third kappa shape index (κ3) is 9.15. The van der Waals surface area contributed by atoms with Crippen LogP contribution in [-0.4, -0.2) is 55.8 Å². The number of rotatable bonds is 13. The molecule has 2 unspecified atom stereocenters. The van der Waals surface area contributed by atoms with E-state index in [4.69, 9.17) is 9.47 Å². The Morgan fingerprint density at radius 3 is 1.52 bits per heavy atom. The molecular formula is C52H47N3O7S2. The zero-order chi connectivity index (χ0) is 44.8. The van der Waals surface area contributed by atoms with Gasteiger partial charge < -0.3 is 20.1 Å². The first kappa shape index (κ1) is 43.9. The van der Waals surface area contributed by atoms with E-state index in [1.54, 1.807) is 51.1 Å². The van der Waals surface area contributed by atoms with Gasteiger partial charge in [-0.1, -0.05) is 182 Å². The Morgan fingerprint density at radius 1 is 0.656 bits per heavy atom. The molecule has 0 bridgehead atoms. The Kier molecular flexibility index (Phi) is 13.0. The summed E-state index contributed by atoms with van der Waals surface area (Å²) in [4.78, 5) is 58.8. The van der Waals surface area contributed by atoms with Gasteiger partial charge in [0.15, 0.2) is 6.10 Å². The number of nitrogens with one attached hydrogen (secondary N) is 2. The lowest BCUT2D eigenvalue weighted by Gasteiger charge is -2.50. The van der Waals surface area contributed by atoms with Gasteiger partial charge in [-0.15, -0.1) is 11.8 Å². The number of amides is 3. The normalized spacial score (nSPS) is 17.7. The average molecular weight is 890 g/mol. The number of carbonyl (C=O) groups excluding carboxylic acids is 4. The summed E-state index contributed by atoms with van der Waals surface area (Å²) < 4.78 is 25.8. The number of β-lactam (4-membered cyclic amide) rings is 1. The van der Waals surface area contributed by atoms with E-state index in [1.807, 2.05) is 152 Å². The lowest BCUT2D eigenvalue weighted by atomic mass is 9.84. The van der Waals surface area contributed by atoms with E-state index < -0.39 is 68.6 Å². The molecule has 324 valence electrons. The fourth-order valence-corrected chi connectivity index (χ4v) is 11.5. The minimum absolute atomic E-state index is 0.0550. The van der Waals surface area contributed by atoms with Crippen LogP contribution in [0.1, 0.15) is 66.3 Å². The molecule has 6 aromatic rings. The third-order valence-electron chi connectivity index (χ3n) is 10.9. The SMILES string of the molecule is CC(C)(C)OC(=O)NC(C(=O)N[C@@H]1C(=O)N2C(C(=O)OC(c3ccccc3)c3ccccc3)=C(SC(c3ccccc3)(c3ccccc3)c3ccccc3)CS(=O)[C@@H]12)c1ccccc1. The molecule has 0 saturated carbocycles. The highest BCUT2D eigenvalue weighted by molar-refractivity contribution is 8.05. The van der Waals surface area contributed by atoms with Crippen molar-refractivity contribution in [2.45, 2.75) is 54.7 Å². The topological polar surface area (TPSA) is 131 Å². The summed E-state index contributed by atoms with van der Waals surface area (Å²) in [5.74, 6) is -2.30. The summed E-state index contributed by atoms with van der Waals surface area (Å²) >= 11 is 1.34. The maximum Gasteiger partial charge on any atom is 0.408 e. The van der Waals surface area contributed by atoms with Crippen LogP contribution in [0.5, 0.6) is 0 Å². The molecule has 2 N–H and O–H groups in total. The second-order valence-corrected chi connectivity index (χ2v) is 19.2. The molecule has 2 aliphatic heterocycles. The van der Waals surface area contributed by atoms with E-state index in [0.29, 0.717) is 21.6 Å². The molecule has 6 aromatic carbocycles. The summed E-state index contributed by atoms with van der Waals surface area (Å²) in [6, 6.07) is 54.3. The van der Waals surface area contributed by atoms with Gasteiger partial charge >= 0.3 is 12.1 Å². The smallest absolute Gasteiger partial charge is 0.408 e. The van der Waals surface area contributed by atoms with Crippen molar-refractivity contribution in [3.8, 4) is 0 Å². The lowest BCUT2D eigenvalue weighted by Crippen LogP contribution is -2.74. The van der Waals surface area contributed by atoms with Crippen LogP contribution in [0.15, 0.2) is 193 Å². The van der Waals surface area contributed by atoms with Crippen LogP contribution in [0.3, 0.4) is 0 Å². The first-order chi connectivity index (χ1) is 30.9. The molecule has 8 rings (SSSR count). The van der Waals surface area contributed by atoms with Crippen molar-refractivity contribution >= 4 is 46.4 Å². The second-order valence-electron chi connectivity index (χ2n) is 16.4. The van der Waals surface area contributed by atoms with E-state index in [2.05, 4.69) is 10.6 Å². The lowest BCUT2D eigenvalue weighted by molar-refractivity contribution is -0.155. The van der Waals surface area contributed by atoms with E-state index in [1.165, 1.54) is 16.7 Å². The van der Waals surface area contributed by atoms with Gasteiger partial charge in [-0.05, 0) is 54.2 Å². The summed E-state index contributed by atoms with van der Waals surface area (Å²) in [6.07, 6.45) is -1.70. The van der Waals surface area contributed by atoms with Crippen LogP contribution >= 0.6 is 11.8 Å². The molecule has 2 heterocycles. The largest absolute Gasteiger partial charge is 0.448 e. The molecule has 4 atom stereocenters. The molecule has 2 aliphatic rings. The van der Waals surface area contributed by atoms with Crippen molar-refractivity contribution in [3.63, 3.8) is 0 Å². The van der Waals surface area contributed by atoms with Crippen LogP contribution in [0.2, 0.25) is 0 Å². The Labute approximate surface area is 379 Å². The van der Waals surface area contributed by atoms with Gasteiger partial charge in [0.05, 0.1) is 21.3 Å². The highest BCUT2D eigenvalue weighted by atomic mass is 32.2. The predicted octanol–water partition coefficient (Wildman–Crippen LogP) is 8.94. The third-order valence-corrected chi connectivity index (χ3v) is 14.3. The Balaban J connectivity index is 1.23. The molecule has 12 heteroatoms. The maximum atomic E-state index is 15.2. The van der Waals surface area contributed by atoms with Crippen molar-refractivity contribution < 1.29 is 32.9 Å². The molecule has 1 fully saturated rings. The van der Waals surface area contributed by atoms with Crippen LogP contribution < -0.4 is 10.6 Å². The number of carbonyl (C=O) groups is 4. The molecular weight excluding hydrogens is 843 g/mol. The maximum absolute atomic E-state index is 15.2. The molecule has 1 saturated heterocycles. The first-order valence-electron chi connectivity index (χ1n) is 20.9. The number of alkyl carbamates (subject to hydrolysis) is 1. The molecule has 0 aromatic heterocycles. The number of fused-ring (bicyclic) bond motifs is 1. The second kappa shape index (κ2) is 18.9. The van der Waals surface area contributed by atoms with Crippen LogP contribution in [-0.2, 0) is 39.4 Å². The molecule has 3 amide bonds. The average Bonchev–Trinajstić information content (AvgIpc) is 3.31. The van der Waals surface area contributed by atoms with Gasteiger partial charge in [-0.3, -0.25) is 18.7 Å². The Bertz CT molecular complexity index is 2530. The number of hydrogen-bond donors (Lipinski definition) is 2. The van der Waals surface area contributed by atoms with Crippen molar-refractivity contribution in [1.29, 1.82) is 0 Å². The monoisotopic (exact) mass is 889 g/mol. The number of benzene rings is 6. The molecule has 10 nitrogen and oxygen atoms in total. The van der Waals surface area contributed by atoms with Gasteiger partial charge in [0, 0.05) is 4.91 Å². The molecule has 0 spiro atoms. The Hall–Kier alpha value is -6.76. The summed E-state index contributed by atoms with van der Waals surface area (Å²) in [6.45, 7) is 5.12. The zero-order valence-electron chi connectivity index (χ0n) is 35.5. The van der Waals surface area contributed by atoms with Crippen molar-refractivity contribution in [2.24, 2.45) is 0 Å². The highest BCUT2D eigenvalue weighted by Gasteiger charge is 2.59. The van der Waals surface area contributed by atoms with Gasteiger partial charge in [-0.2, -0.15) is 0 Å². The zero-order valence-corrected chi connectivity index (χ0v) is 37.1. The van der Waals surface area contributed by atoms with Gasteiger partial charge in [0.2, 0.25) is 5.91 Å². The Morgan fingerprint density at radius 2 is 1.08 bits per heavy atom. The predicted molar refractivity (Wildman–Crippen MR) is 249 cm³/mol. The van der Waals surface area contributed by atoms with E-state index in [0.717, 1.165) is 16.7 Å². The van der Waals surface area contributed by atoms with Crippen molar-refractivity contribution in [3.05, 3.63) is 226 Å². The standard InChI is InChI=1S/C52H47N3O7S2/c1-51(2,3)62-50(59)54-42(35-22-10-4-11-23-35)46(56)53-43-47(57)55-44(49(58)61-45(36-24-12-5-13-25-36)37-26-14-6-15-27-37)41(34-64(60)48(43)55)63-52(38-28-16-7-17-29-38,39-30-18-8-19-31-39)40-32-20-9-21-33-40/h4-33,42-43,45,48H,34H2,1-3H3,(H,53,56)(H,54,59)/t42?,43-,48+,64?/m1/s1. The number of esters is 1. The highest BCUT2D eigenvalue weighted by Crippen LogP contribution is 2.54. The van der Waals surface area contributed by atoms with E-state index >= 15 is 4.79 Å². The van der Waals surface area contributed by atoms with E-state index in [-0.39, 0.29) is 11.4 Å². The van der Waals surface area contributed by atoms with Crippen molar-refractivity contribution in [2.75, 3.05) is 5.75 Å². The molecule has 64 heavy (non-hydrogen) atoms. The molecule has 0 radical (unpaired) electrons. The minimum atomic E-state index is -1.84. The summed E-state index contributed by atoms with van der Waals surface area (Å²) in [7, 11) is -1.84. The van der Waals surface area contributed by atoms with E-state index in [9.17, 15) is 18.6 Å². The van der Waals surface area contributed by atoms with Crippen LogP contribution in [0.25, 0.3) is 0 Å². The van der Waals surface area contributed by atoms with Gasteiger partial charge in [-0.25, -0.2) is 9.59 Å². The van der Waals surface area contributed by atoms with Crippen molar-refractivity contribution in [1.82, 2.24) is 15.5 Å². The van der Waals surface area contributed by atoms with Gasteiger partial charge in [0.1, 0.15) is 28.8 Å². The number of hydrogen-bond acceptors (Lipinski definition) is 8. The van der Waals surface area contributed by atoms with Crippen LogP contribution in [0.4, 0.5) is 4.79 Å². The minimum Gasteiger partial charge on any atom is -0.448 e. The molecule has 0 aliphatic carbocycles. The number of thioether (sulfide) groups is 1. The fourth-order valence-electron chi connectivity index (χ4n) is 8.05. The van der Waals surface area contributed by atoms with Crippen LogP contribution in [0, 0.1) is 0 Å².